The van der Waals surface area contributed by atoms with Crippen molar-refractivity contribution >= 4 is 31.6 Å². The van der Waals surface area contributed by atoms with Crippen molar-refractivity contribution in [2.24, 2.45) is 0 Å². The van der Waals surface area contributed by atoms with Crippen LogP contribution in [0.1, 0.15) is 43.0 Å². The van der Waals surface area contributed by atoms with E-state index in [0.717, 1.165) is 40.0 Å². The van der Waals surface area contributed by atoms with Crippen molar-refractivity contribution in [3.63, 3.8) is 0 Å². The van der Waals surface area contributed by atoms with Gasteiger partial charge in [-0.2, -0.15) is 0 Å². The lowest BCUT2D eigenvalue weighted by atomic mass is 10.0. The van der Waals surface area contributed by atoms with Gasteiger partial charge in [-0.3, -0.25) is 9.36 Å². The van der Waals surface area contributed by atoms with E-state index in [9.17, 15) is 13.2 Å². The maximum Gasteiger partial charge on any atom is 0.308 e. The Morgan fingerprint density at radius 2 is 1.89 bits per heavy atom. The molecule has 0 saturated heterocycles. The second-order valence-electron chi connectivity index (χ2n) is 6.85. The maximum absolute atomic E-state index is 12.9. The highest BCUT2D eigenvalue weighted by Crippen LogP contribution is 2.25. The molecule has 3 rings (SSSR count). The first-order valence-electron chi connectivity index (χ1n) is 8.96. The minimum Gasteiger partial charge on any atom is -0.299 e. The van der Waals surface area contributed by atoms with Crippen molar-refractivity contribution in [1.29, 1.82) is 0 Å². The molecule has 3 aromatic rings. The molecule has 7 heteroatoms. The van der Waals surface area contributed by atoms with Gasteiger partial charge in [0.25, 0.3) is 0 Å². The topological polar surface area (TPSA) is 68.2 Å². The minimum absolute atomic E-state index is 0.0574. The van der Waals surface area contributed by atoms with Gasteiger partial charge in [0, 0.05) is 12.6 Å². The number of sulfonamides is 1. The standard InChI is InChI=1S/C20H24N2O3S2/c1-5-10-22-18-9-7-16(12-19(18)26-20(22)23)27(24,25)21-15(4)17-8-6-13(2)11-14(17)3/h6-9,11-12,15,21H,5,10H2,1-4H3/t15-/m1/s1. The van der Waals surface area contributed by atoms with Gasteiger partial charge in [-0.05, 0) is 56.5 Å². The first-order valence-corrected chi connectivity index (χ1v) is 11.3. The van der Waals surface area contributed by atoms with E-state index in [2.05, 4.69) is 4.72 Å². The van der Waals surface area contributed by atoms with Gasteiger partial charge in [0.1, 0.15) is 0 Å². The Bertz CT molecular complexity index is 1140. The van der Waals surface area contributed by atoms with E-state index in [1.807, 2.05) is 45.9 Å². The second kappa shape index (κ2) is 7.58. The average Bonchev–Trinajstić information content (AvgIpc) is 2.89. The molecule has 1 heterocycles. The lowest BCUT2D eigenvalue weighted by Crippen LogP contribution is -2.27. The van der Waals surface area contributed by atoms with Gasteiger partial charge in [-0.1, -0.05) is 42.0 Å². The fourth-order valence-electron chi connectivity index (χ4n) is 3.32. The highest BCUT2D eigenvalue weighted by Gasteiger charge is 2.21. The van der Waals surface area contributed by atoms with Crippen molar-refractivity contribution in [1.82, 2.24) is 9.29 Å². The molecule has 0 aliphatic carbocycles. The lowest BCUT2D eigenvalue weighted by Gasteiger charge is -2.17. The molecule has 2 aromatic carbocycles. The van der Waals surface area contributed by atoms with E-state index in [1.54, 1.807) is 22.8 Å². The van der Waals surface area contributed by atoms with Gasteiger partial charge < -0.3 is 0 Å². The van der Waals surface area contributed by atoms with Crippen molar-refractivity contribution in [2.75, 3.05) is 0 Å². The quantitative estimate of drug-likeness (QED) is 0.672. The number of nitrogens with one attached hydrogen (secondary N) is 1. The van der Waals surface area contributed by atoms with Gasteiger partial charge in [-0.25, -0.2) is 13.1 Å². The number of aromatic nitrogens is 1. The van der Waals surface area contributed by atoms with E-state index in [-0.39, 0.29) is 15.8 Å². The van der Waals surface area contributed by atoms with Crippen LogP contribution in [0.3, 0.4) is 0 Å². The molecule has 0 unspecified atom stereocenters. The maximum atomic E-state index is 12.9. The van der Waals surface area contributed by atoms with Crippen LogP contribution in [0, 0.1) is 13.8 Å². The van der Waals surface area contributed by atoms with Gasteiger partial charge in [0.15, 0.2) is 0 Å². The summed E-state index contributed by atoms with van der Waals surface area (Å²) in [4.78, 5) is 12.3. The zero-order valence-electron chi connectivity index (χ0n) is 15.9. The Kier molecular flexibility index (Phi) is 5.55. The molecule has 0 radical (unpaired) electrons. The van der Waals surface area contributed by atoms with E-state index in [1.165, 1.54) is 0 Å². The Hall–Kier alpha value is -1.96. The zero-order valence-corrected chi connectivity index (χ0v) is 17.6. The molecule has 0 saturated carbocycles. The van der Waals surface area contributed by atoms with E-state index < -0.39 is 10.0 Å². The Morgan fingerprint density at radius 1 is 1.15 bits per heavy atom. The minimum atomic E-state index is -3.70. The first-order chi connectivity index (χ1) is 12.7. The van der Waals surface area contributed by atoms with Crippen LogP contribution >= 0.6 is 11.3 Å². The summed E-state index contributed by atoms with van der Waals surface area (Å²) in [6.45, 7) is 8.47. The Balaban J connectivity index is 1.93. The van der Waals surface area contributed by atoms with Gasteiger partial charge in [-0.15, -0.1) is 0 Å². The largest absolute Gasteiger partial charge is 0.308 e. The van der Waals surface area contributed by atoms with Crippen LogP contribution in [0.15, 0.2) is 46.1 Å². The smallest absolute Gasteiger partial charge is 0.299 e. The summed E-state index contributed by atoms with van der Waals surface area (Å²) >= 11 is 1.08. The van der Waals surface area contributed by atoms with Crippen LogP contribution < -0.4 is 9.60 Å². The summed E-state index contributed by atoms with van der Waals surface area (Å²) < 4.78 is 30.9. The molecule has 0 aliphatic rings. The number of hydrogen-bond acceptors (Lipinski definition) is 4. The third-order valence-corrected chi connectivity index (χ3v) is 7.10. The zero-order chi connectivity index (χ0) is 19.8. The van der Waals surface area contributed by atoms with Gasteiger partial charge in [0.05, 0.1) is 15.1 Å². The van der Waals surface area contributed by atoms with Crippen LogP contribution in [0.5, 0.6) is 0 Å². The molecular formula is C20H24N2O3S2. The van der Waals surface area contributed by atoms with Crippen LogP contribution in [-0.2, 0) is 16.6 Å². The van der Waals surface area contributed by atoms with Crippen molar-refractivity contribution < 1.29 is 8.42 Å². The summed E-state index contributed by atoms with van der Waals surface area (Å²) in [7, 11) is -3.70. The number of aryl methyl sites for hydroxylation is 3. The van der Waals surface area contributed by atoms with E-state index >= 15 is 0 Å². The molecule has 0 spiro atoms. The van der Waals surface area contributed by atoms with Crippen LogP contribution in [0.4, 0.5) is 0 Å². The van der Waals surface area contributed by atoms with E-state index in [0.29, 0.717) is 11.2 Å². The number of nitrogens with zero attached hydrogens (tertiary/aromatic N) is 1. The van der Waals surface area contributed by atoms with Crippen LogP contribution in [0.2, 0.25) is 0 Å². The highest BCUT2D eigenvalue weighted by atomic mass is 32.2. The van der Waals surface area contributed by atoms with Crippen molar-refractivity contribution in [3.8, 4) is 0 Å². The lowest BCUT2D eigenvalue weighted by molar-refractivity contribution is 0.566. The fraction of sp³-hybridized carbons (Fsp3) is 0.350. The number of benzene rings is 2. The fourth-order valence-corrected chi connectivity index (χ4v) is 5.60. The average molecular weight is 405 g/mol. The van der Waals surface area contributed by atoms with Crippen molar-refractivity contribution in [3.05, 3.63) is 62.8 Å². The number of thiazole rings is 1. The molecule has 0 aliphatic heterocycles. The summed E-state index contributed by atoms with van der Waals surface area (Å²) in [5.41, 5.74) is 3.93. The number of hydrogen-bond donors (Lipinski definition) is 1. The molecule has 0 bridgehead atoms. The SMILES string of the molecule is CCCn1c(=O)sc2cc(S(=O)(=O)N[C@H](C)c3ccc(C)cc3C)ccc21. The van der Waals surface area contributed by atoms with Crippen LogP contribution in [-0.4, -0.2) is 13.0 Å². The number of fused-ring (bicyclic) bond motifs is 1. The second-order valence-corrected chi connectivity index (χ2v) is 9.56. The molecule has 0 amide bonds. The molecule has 0 fully saturated rings. The molecule has 1 aromatic heterocycles. The normalized spacial score (nSPS) is 13.2. The number of rotatable bonds is 6. The summed E-state index contributed by atoms with van der Waals surface area (Å²) in [5.74, 6) is 0. The van der Waals surface area contributed by atoms with E-state index in [4.69, 9.17) is 0 Å². The van der Waals surface area contributed by atoms with Crippen molar-refractivity contribution in [2.45, 2.75) is 51.6 Å². The summed E-state index contributed by atoms with van der Waals surface area (Å²) in [5, 5.41) is 0. The predicted octanol–water partition coefficient (Wildman–Crippen LogP) is 4.13. The predicted molar refractivity (Wildman–Crippen MR) is 111 cm³/mol. The summed E-state index contributed by atoms with van der Waals surface area (Å²) in [6.07, 6.45) is 0.848. The monoisotopic (exact) mass is 404 g/mol. The van der Waals surface area contributed by atoms with Gasteiger partial charge >= 0.3 is 4.87 Å². The molecular weight excluding hydrogens is 380 g/mol. The van der Waals surface area contributed by atoms with Gasteiger partial charge in [0.2, 0.25) is 10.0 Å². The third kappa shape index (κ3) is 4.00. The Morgan fingerprint density at radius 3 is 2.56 bits per heavy atom. The molecule has 1 atom stereocenters. The molecule has 1 N–H and O–H groups in total. The molecule has 27 heavy (non-hydrogen) atoms. The first kappa shape index (κ1) is 19.8. The Labute approximate surface area is 163 Å². The summed E-state index contributed by atoms with van der Waals surface area (Å²) in [6, 6.07) is 10.5. The highest BCUT2D eigenvalue weighted by molar-refractivity contribution is 7.89. The third-order valence-electron chi connectivity index (χ3n) is 4.62. The van der Waals surface area contributed by atoms with Crippen LogP contribution in [0.25, 0.3) is 10.2 Å². The molecule has 5 nitrogen and oxygen atoms in total. The molecule has 144 valence electrons.